The lowest BCUT2D eigenvalue weighted by molar-refractivity contribution is 0.132. The Kier molecular flexibility index (Phi) is 9.32. The maximum absolute atomic E-state index is 4.74. The van der Waals surface area contributed by atoms with Crippen molar-refractivity contribution in [3.8, 4) is 0 Å². The summed E-state index contributed by atoms with van der Waals surface area (Å²) in [5.74, 6) is 1.72. The maximum atomic E-state index is 4.74. The van der Waals surface area contributed by atoms with Gasteiger partial charge in [0.2, 0.25) is 0 Å². The highest BCUT2D eigenvalue weighted by atomic mass is 127. The van der Waals surface area contributed by atoms with E-state index in [1.165, 1.54) is 50.3 Å². The molecule has 3 rings (SSSR count). The first-order chi connectivity index (χ1) is 12.7. The van der Waals surface area contributed by atoms with Crippen molar-refractivity contribution in [3.63, 3.8) is 0 Å². The van der Waals surface area contributed by atoms with Crippen LogP contribution in [-0.4, -0.2) is 61.1 Å². The molecular formula is C21H36IN5. The monoisotopic (exact) mass is 485 g/mol. The third-order valence-corrected chi connectivity index (χ3v) is 5.54. The molecule has 1 saturated heterocycles. The van der Waals surface area contributed by atoms with Crippen LogP contribution < -0.4 is 10.6 Å². The lowest BCUT2D eigenvalue weighted by Crippen LogP contribution is -2.45. The summed E-state index contributed by atoms with van der Waals surface area (Å²) in [6, 6.07) is 9.58. The van der Waals surface area contributed by atoms with Gasteiger partial charge in [-0.2, -0.15) is 0 Å². The molecule has 2 aliphatic rings. The summed E-state index contributed by atoms with van der Waals surface area (Å²) in [5, 5.41) is 6.86. The standard InChI is InChI=1S/C21H35N5.HI/c1-4-22-21(24-20-14-17(20)3)23-15-18-6-8-19(9-7-18)16-26-12-10-25(5-2)11-13-26;/h6-9,17,20H,4-5,10-16H2,1-3H3,(H2,22,23,24);1H. The maximum Gasteiger partial charge on any atom is 0.191 e. The van der Waals surface area contributed by atoms with Gasteiger partial charge in [-0.15, -0.1) is 24.0 Å². The van der Waals surface area contributed by atoms with E-state index in [0.29, 0.717) is 6.04 Å². The Morgan fingerprint density at radius 1 is 1.04 bits per heavy atom. The number of benzene rings is 1. The quantitative estimate of drug-likeness (QED) is 0.354. The minimum atomic E-state index is 0. The van der Waals surface area contributed by atoms with Crippen molar-refractivity contribution >= 4 is 29.9 Å². The van der Waals surface area contributed by atoms with Crippen molar-refractivity contribution in [3.05, 3.63) is 35.4 Å². The third-order valence-electron chi connectivity index (χ3n) is 5.54. The minimum absolute atomic E-state index is 0. The number of rotatable bonds is 7. The average molecular weight is 485 g/mol. The predicted molar refractivity (Wildman–Crippen MR) is 125 cm³/mol. The topological polar surface area (TPSA) is 42.9 Å². The van der Waals surface area contributed by atoms with Crippen LogP contribution in [0, 0.1) is 5.92 Å². The molecule has 0 bridgehead atoms. The Morgan fingerprint density at radius 2 is 1.63 bits per heavy atom. The molecule has 1 saturated carbocycles. The molecule has 27 heavy (non-hydrogen) atoms. The van der Waals surface area contributed by atoms with Crippen molar-refractivity contribution < 1.29 is 0 Å². The summed E-state index contributed by atoms with van der Waals surface area (Å²) in [6.07, 6.45) is 1.26. The van der Waals surface area contributed by atoms with E-state index in [1.807, 2.05) is 0 Å². The Bertz CT molecular complexity index is 581. The van der Waals surface area contributed by atoms with Gasteiger partial charge in [0.05, 0.1) is 6.54 Å². The molecule has 0 amide bonds. The molecule has 2 unspecified atom stereocenters. The molecular weight excluding hydrogens is 449 g/mol. The van der Waals surface area contributed by atoms with E-state index in [2.05, 4.69) is 65.5 Å². The van der Waals surface area contributed by atoms with Gasteiger partial charge in [0.25, 0.3) is 0 Å². The summed E-state index contributed by atoms with van der Waals surface area (Å²) in [5.41, 5.74) is 2.67. The first-order valence-electron chi connectivity index (χ1n) is 10.2. The normalized spacial score (nSPS) is 23.6. The zero-order chi connectivity index (χ0) is 18.4. The fraction of sp³-hybridized carbons (Fsp3) is 0.667. The molecule has 5 nitrogen and oxygen atoms in total. The number of nitrogens with zero attached hydrogens (tertiary/aromatic N) is 3. The van der Waals surface area contributed by atoms with E-state index in [1.54, 1.807) is 0 Å². The molecule has 2 fully saturated rings. The van der Waals surface area contributed by atoms with Gasteiger partial charge >= 0.3 is 0 Å². The Morgan fingerprint density at radius 3 is 2.19 bits per heavy atom. The van der Waals surface area contributed by atoms with Crippen LogP contribution in [0.1, 0.15) is 38.3 Å². The molecule has 0 radical (unpaired) electrons. The summed E-state index contributed by atoms with van der Waals surface area (Å²) in [6.45, 7) is 15.3. The van der Waals surface area contributed by atoms with Gasteiger partial charge in [-0.3, -0.25) is 4.90 Å². The van der Waals surface area contributed by atoms with E-state index in [-0.39, 0.29) is 24.0 Å². The highest BCUT2D eigenvalue weighted by Crippen LogP contribution is 2.28. The van der Waals surface area contributed by atoms with Crippen LogP contribution in [0.4, 0.5) is 0 Å². The number of aliphatic imine (C=N–C) groups is 1. The number of halogens is 1. The number of nitrogens with one attached hydrogen (secondary N) is 2. The third kappa shape index (κ3) is 7.23. The van der Waals surface area contributed by atoms with Crippen LogP contribution in [0.5, 0.6) is 0 Å². The molecule has 0 spiro atoms. The molecule has 152 valence electrons. The number of likely N-dealkylation sites (N-methyl/N-ethyl adjacent to an activating group) is 1. The molecule has 1 heterocycles. The van der Waals surface area contributed by atoms with E-state index in [9.17, 15) is 0 Å². The van der Waals surface area contributed by atoms with E-state index in [0.717, 1.165) is 31.5 Å². The van der Waals surface area contributed by atoms with Gasteiger partial charge in [-0.1, -0.05) is 38.1 Å². The molecule has 2 atom stereocenters. The molecule has 1 aliphatic carbocycles. The van der Waals surface area contributed by atoms with Gasteiger partial charge in [0.15, 0.2) is 5.96 Å². The lowest BCUT2D eigenvalue weighted by Gasteiger charge is -2.34. The van der Waals surface area contributed by atoms with Crippen LogP contribution in [0.15, 0.2) is 29.3 Å². The van der Waals surface area contributed by atoms with Crippen molar-refractivity contribution in [1.29, 1.82) is 0 Å². The zero-order valence-electron chi connectivity index (χ0n) is 17.1. The summed E-state index contributed by atoms with van der Waals surface area (Å²) >= 11 is 0. The average Bonchev–Trinajstić information content (AvgIpc) is 3.36. The Balaban J connectivity index is 0.00000261. The molecule has 1 aromatic carbocycles. The second kappa shape index (κ2) is 11.2. The highest BCUT2D eigenvalue weighted by Gasteiger charge is 2.33. The van der Waals surface area contributed by atoms with Crippen molar-refractivity contribution in [2.75, 3.05) is 39.3 Å². The van der Waals surface area contributed by atoms with Gasteiger partial charge in [0.1, 0.15) is 0 Å². The number of guanidine groups is 1. The smallest absolute Gasteiger partial charge is 0.191 e. The Hall–Kier alpha value is -0.860. The van der Waals surface area contributed by atoms with E-state index < -0.39 is 0 Å². The van der Waals surface area contributed by atoms with Gasteiger partial charge in [-0.05, 0) is 36.9 Å². The number of piperazine rings is 1. The van der Waals surface area contributed by atoms with Crippen LogP contribution in [-0.2, 0) is 13.1 Å². The summed E-state index contributed by atoms with van der Waals surface area (Å²) < 4.78 is 0. The molecule has 2 N–H and O–H groups in total. The van der Waals surface area contributed by atoms with Gasteiger partial charge in [-0.25, -0.2) is 4.99 Å². The van der Waals surface area contributed by atoms with Crippen molar-refractivity contribution in [2.45, 2.75) is 46.3 Å². The van der Waals surface area contributed by atoms with Gasteiger partial charge < -0.3 is 15.5 Å². The first-order valence-corrected chi connectivity index (χ1v) is 10.2. The fourth-order valence-electron chi connectivity index (χ4n) is 3.46. The molecule has 1 aliphatic heterocycles. The predicted octanol–water partition coefficient (Wildman–Crippen LogP) is 2.91. The number of hydrogen-bond acceptors (Lipinski definition) is 3. The largest absolute Gasteiger partial charge is 0.357 e. The SMILES string of the molecule is CCNC(=NCc1ccc(CN2CCN(CC)CC2)cc1)NC1CC1C.I. The Labute approximate surface area is 182 Å². The fourth-order valence-corrected chi connectivity index (χ4v) is 3.46. The van der Waals surface area contributed by atoms with Crippen LogP contribution in [0.3, 0.4) is 0 Å². The molecule has 6 heteroatoms. The molecule has 1 aromatic rings. The first kappa shape index (κ1) is 22.4. The number of hydrogen-bond donors (Lipinski definition) is 2. The lowest BCUT2D eigenvalue weighted by atomic mass is 10.1. The van der Waals surface area contributed by atoms with Crippen molar-refractivity contribution in [1.82, 2.24) is 20.4 Å². The highest BCUT2D eigenvalue weighted by molar-refractivity contribution is 14.0. The molecule has 0 aromatic heterocycles. The van der Waals surface area contributed by atoms with Crippen LogP contribution in [0.2, 0.25) is 0 Å². The minimum Gasteiger partial charge on any atom is -0.357 e. The summed E-state index contributed by atoms with van der Waals surface area (Å²) in [4.78, 5) is 9.82. The van der Waals surface area contributed by atoms with Gasteiger partial charge in [0, 0.05) is 45.3 Å². The summed E-state index contributed by atoms with van der Waals surface area (Å²) in [7, 11) is 0. The van der Waals surface area contributed by atoms with E-state index >= 15 is 0 Å². The zero-order valence-corrected chi connectivity index (χ0v) is 19.4. The van der Waals surface area contributed by atoms with Crippen LogP contribution in [0.25, 0.3) is 0 Å². The second-order valence-electron chi connectivity index (χ2n) is 7.69. The van der Waals surface area contributed by atoms with Crippen LogP contribution >= 0.6 is 24.0 Å². The van der Waals surface area contributed by atoms with E-state index in [4.69, 9.17) is 4.99 Å². The second-order valence-corrected chi connectivity index (χ2v) is 7.69. The van der Waals surface area contributed by atoms with Crippen molar-refractivity contribution in [2.24, 2.45) is 10.9 Å².